The van der Waals surface area contributed by atoms with Crippen molar-refractivity contribution >= 4 is 11.9 Å². The highest BCUT2D eigenvalue weighted by atomic mass is 19.4. The van der Waals surface area contributed by atoms with Crippen LogP contribution in [0.2, 0.25) is 0 Å². The molecule has 0 bridgehead atoms. The Hall–Kier alpha value is -1.60. The average Bonchev–Trinajstić information content (AvgIpc) is 2.47. The summed E-state index contributed by atoms with van der Waals surface area (Å²) in [6.45, 7) is 1.86. The summed E-state index contributed by atoms with van der Waals surface area (Å²) in [7, 11) is 0. The number of hydrogen-bond acceptors (Lipinski definition) is 4. The van der Waals surface area contributed by atoms with Crippen molar-refractivity contribution in [3.63, 3.8) is 0 Å². The van der Waals surface area contributed by atoms with E-state index in [2.05, 4.69) is 16.1 Å². The number of alkyl halides is 4. The van der Waals surface area contributed by atoms with Crippen molar-refractivity contribution in [2.24, 2.45) is 0 Å². The van der Waals surface area contributed by atoms with E-state index in [0.717, 1.165) is 0 Å². The average molecular weight is 242 g/mol. The quantitative estimate of drug-likeness (QED) is 0.410. The van der Waals surface area contributed by atoms with Gasteiger partial charge in [-0.2, -0.15) is 13.2 Å². The lowest BCUT2D eigenvalue weighted by Gasteiger charge is -2.13. The van der Waals surface area contributed by atoms with Crippen LogP contribution in [0.5, 0.6) is 0 Å². The second-order valence-electron chi connectivity index (χ2n) is 2.95. The Morgan fingerprint density at radius 1 is 1.50 bits per heavy atom. The van der Waals surface area contributed by atoms with Gasteiger partial charge in [-0.15, -0.1) is 0 Å². The minimum absolute atomic E-state index is 0.600. The second kappa shape index (κ2) is 4.11. The Morgan fingerprint density at radius 2 is 2.06 bits per heavy atom. The van der Waals surface area contributed by atoms with Gasteiger partial charge in [0.1, 0.15) is 12.2 Å². The van der Waals surface area contributed by atoms with Crippen LogP contribution in [0.15, 0.2) is 12.2 Å². The SMILES string of the molecule is C=C(C(=O)OC1COC(=O)C1F)C(F)(F)F. The van der Waals surface area contributed by atoms with Crippen LogP contribution in [-0.2, 0) is 19.1 Å². The first kappa shape index (κ1) is 12.5. The molecular weight excluding hydrogens is 236 g/mol. The zero-order valence-corrected chi connectivity index (χ0v) is 7.71. The largest absolute Gasteiger partial charge is 0.459 e. The van der Waals surface area contributed by atoms with Gasteiger partial charge in [0.25, 0.3) is 0 Å². The van der Waals surface area contributed by atoms with Crippen molar-refractivity contribution in [3.8, 4) is 0 Å². The molecule has 1 aliphatic rings. The van der Waals surface area contributed by atoms with Crippen molar-refractivity contribution in [2.75, 3.05) is 6.61 Å². The highest BCUT2D eigenvalue weighted by Gasteiger charge is 2.44. The van der Waals surface area contributed by atoms with Gasteiger partial charge in [0.05, 0.1) is 0 Å². The van der Waals surface area contributed by atoms with Crippen LogP contribution in [0.25, 0.3) is 0 Å². The topological polar surface area (TPSA) is 52.6 Å². The number of cyclic esters (lactones) is 1. The molecule has 90 valence electrons. The van der Waals surface area contributed by atoms with Crippen molar-refractivity contribution < 1.29 is 36.6 Å². The summed E-state index contributed by atoms with van der Waals surface area (Å²) in [6, 6.07) is 0. The molecule has 0 N–H and O–H groups in total. The van der Waals surface area contributed by atoms with Crippen molar-refractivity contribution in [3.05, 3.63) is 12.2 Å². The third kappa shape index (κ3) is 2.50. The molecule has 0 spiro atoms. The molecule has 0 aromatic rings. The summed E-state index contributed by atoms with van der Waals surface area (Å²) < 4.78 is 56.9. The van der Waals surface area contributed by atoms with E-state index >= 15 is 0 Å². The number of rotatable bonds is 2. The molecule has 4 nitrogen and oxygen atoms in total. The smallest absolute Gasteiger partial charge is 0.422 e. The van der Waals surface area contributed by atoms with Gasteiger partial charge >= 0.3 is 18.1 Å². The van der Waals surface area contributed by atoms with E-state index in [9.17, 15) is 27.2 Å². The number of carbonyl (C=O) groups is 2. The van der Waals surface area contributed by atoms with E-state index in [1.165, 1.54) is 0 Å². The molecule has 0 aliphatic carbocycles. The van der Waals surface area contributed by atoms with Crippen LogP contribution in [0.4, 0.5) is 17.6 Å². The van der Waals surface area contributed by atoms with Gasteiger partial charge in [-0.1, -0.05) is 6.58 Å². The van der Waals surface area contributed by atoms with E-state index < -0.39 is 42.6 Å². The lowest BCUT2D eigenvalue weighted by atomic mass is 10.2. The maximum Gasteiger partial charge on any atom is 0.422 e. The van der Waals surface area contributed by atoms with Gasteiger partial charge in [-0.05, 0) is 0 Å². The lowest BCUT2D eigenvalue weighted by Crippen LogP contribution is -2.31. The van der Waals surface area contributed by atoms with Crippen LogP contribution >= 0.6 is 0 Å². The first-order chi connectivity index (χ1) is 7.23. The molecule has 1 heterocycles. The van der Waals surface area contributed by atoms with Gasteiger partial charge in [0.2, 0.25) is 6.17 Å². The van der Waals surface area contributed by atoms with Gasteiger partial charge in [-0.3, -0.25) is 0 Å². The van der Waals surface area contributed by atoms with Gasteiger partial charge in [-0.25, -0.2) is 14.0 Å². The Balaban J connectivity index is 2.59. The third-order valence-electron chi connectivity index (χ3n) is 1.79. The number of ether oxygens (including phenoxy) is 2. The van der Waals surface area contributed by atoms with Crippen LogP contribution in [0.3, 0.4) is 0 Å². The minimum Gasteiger partial charge on any atom is -0.459 e. The van der Waals surface area contributed by atoms with E-state index in [1.807, 2.05) is 0 Å². The van der Waals surface area contributed by atoms with Gasteiger partial charge in [0, 0.05) is 0 Å². The Labute approximate surface area is 86.8 Å². The normalized spacial score (nSPS) is 25.1. The fourth-order valence-corrected chi connectivity index (χ4v) is 0.898. The molecule has 1 saturated heterocycles. The maximum atomic E-state index is 12.8. The van der Waals surface area contributed by atoms with Crippen LogP contribution in [0.1, 0.15) is 0 Å². The molecule has 0 aromatic heterocycles. The van der Waals surface area contributed by atoms with E-state index in [-0.39, 0.29) is 0 Å². The molecule has 2 atom stereocenters. The van der Waals surface area contributed by atoms with Crippen LogP contribution in [-0.4, -0.2) is 37.0 Å². The molecule has 2 unspecified atom stereocenters. The number of halogens is 4. The molecule has 0 amide bonds. The van der Waals surface area contributed by atoms with Gasteiger partial charge in [0.15, 0.2) is 6.10 Å². The lowest BCUT2D eigenvalue weighted by molar-refractivity contribution is -0.157. The zero-order chi connectivity index (χ0) is 12.5. The summed E-state index contributed by atoms with van der Waals surface area (Å²) in [5.41, 5.74) is -1.76. The zero-order valence-electron chi connectivity index (χ0n) is 7.71. The Bertz CT molecular complexity index is 335. The first-order valence-electron chi connectivity index (χ1n) is 4.01. The fourth-order valence-electron chi connectivity index (χ4n) is 0.898. The highest BCUT2D eigenvalue weighted by Crippen LogP contribution is 2.26. The fraction of sp³-hybridized carbons (Fsp3) is 0.500. The summed E-state index contributed by atoms with van der Waals surface area (Å²) in [5.74, 6) is -3.09. The maximum absolute atomic E-state index is 12.8. The van der Waals surface area contributed by atoms with Crippen molar-refractivity contribution in [2.45, 2.75) is 18.5 Å². The highest BCUT2D eigenvalue weighted by molar-refractivity contribution is 5.90. The number of esters is 2. The van der Waals surface area contributed by atoms with Crippen LogP contribution < -0.4 is 0 Å². The molecule has 1 rings (SSSR count). The Kier molecular flexibility index (Phi) is 3.20. The molecule has 0 aromatic carbocycles. The minimum atomic E-state index is -4.95. The number of hydrogen-bond donors (Lipinski definition) is 0. The summed E-state index contributed by atoms with van der Waals surface area (Å²) in [6.07, 6.45) is -8.86. The van der Waals surface area contributed by atoms with Crippen LogP contribution in [0, 0.1) is 0 Å². The van der Waals surface area contributed by atoms with E-state index in [1.54, 1.807) is 0 Å². The molecule has 0 saturated carbocycles. The Morgan fingerprint density at radius 3 is 2.44 bits per heavy atom. The molecule has 8 heteroatoms. The second-order valence-corrected chi connectivity index (χ2v) is 2.95. The molecule has 0 radical (unpaired) electrons. The summed E-state index contributed by atoms with van der Waals surface area (Å²) in [5, 5.41) is 0. The van der Waals surface area contributed by atoms with E-state index in [0.29, 0.717) is 0 Å². The molecule has 1 fully saturated rings. The van der Waals surface area contributed by atoms with Crippen molar-refractivity contribution in [1.82, 2.24) is 0 Å². The predicted molar refractivity (Wildman–Crippen MR) is 40.9 cm³/mol. The third-order valence-corrected chi connectivity index (χ3v) is 1.79. The number of carbonyl (C=O) groups excluding carboxylic acids is 2. The van der Waals surface area contributed by atoms with Gasteiger partial charge < -0.3 is 9.47 Å². The summed E-state index contributed by atoms with van der Waals surface area (Å²) in [4.78, 5) is 21.3. The standard InChI is InChI=1S/C8H6F4O4/c1-3(8(10,11)12)6(13)16-4-2-15-7(14)5(4)9/h4-5H,1-2H2. The summed E-state index contributed by atoms with van der Waals surface area (Å²) >= 11 is 0. The monoisotopic (exact) mass is 242 g/mol. The predicted octanol–water partition coefficient (Wildman–Crippen LogP) is 0.912. The first-order valence-corrected chi connectivity index (χ1v) is 4.01. The van der Waals surface area contributed by atoms with E-state index in [4.69, 9.17) is 0 Å². The molecule has 1 aliphatic heterocycles. The van der Waals surface area contributed by atoms with Crippen molar-refractivity contribution in [1.29, 1.82) is 0 Å². The molecule has 16 heavy (non-hydrogen) atoms. The molecular formula is C8H6F4O4.